The molecule has 3 aliphatic rings. The highest BCUT2D eigenvalue weighted by atomic mass is 16.3. The molecule has 1 aromatic carbocycles. The van der Waals surface area contributed by atoms with E-state index in [0.717, 1.165) is 31.2 Å². The second-order valence-electron chi connectivity index (χ2n) is 8.43. The molecule has 0 amide bonds. The van der Waals surface area contributed by atoms with Crippen molar-refractivity contribution in [1.29, 1.82) is 0 Å². The van der Waals surface area contributed by atoms with Gasteiger partial charge in [-0.3, -0.25) is 4.90 Å². The van der Waals surface area contributed by atoms with E-state index in [1.165, 1.54) is 48.8 Å². The number of piperidine rings is 1. The van der Waals surface area contributed by atoms with Gasteiger partial charge in [0.2, 0.25) is 0 Å². The summed E-state index contributed by atoms with van der Waals surface area (Å²) in [5.41, 5.74) is 4.43. The molecule has 1 saturated heterocycles. The van der Waals surface area contributed by atoms with Crippen LogP contribution in [0, 0.1) is 12.8 Å². The van der Waals surface area contributed by atoms with E-state index in [1.54, 1.807) is 0 Å². The van der Waals surface area contributed by atoms with Crippen LogP contribution in [-0.4, -0.2) is 22.6 Å². The lowest BCUT2D eigenvalue weighted by atomic mass is 9.52. The molecule has 1 N–H and O–H groups in total. The first kappa shape index (κ1) is 15.5. The van der Waals surface area contributed by atoms with Crippen molar-refractivity contribution in [1.82, 2.24) is 4.90 Å². The van der Waals surface area contributed by atoms with Crippen molar-refractivity contribution < 1.29 is 9.52 Å². The van der Waals surface area contributed by atoms with Crippen molar-refractivity contribution in [2.24, 2.45) is 5.92 Å². The van der Waals surface area contributed by atoms with Crippen LogP contribution < -0.4 is 0 Å². The normalized spacial score (nSPS) is 31.4. The minimum Gasteiger partial charge on any atom is -0.508 e. The monoisotopic (exact) mass is 337 g/mol. The smallest absolute Gasteiger partial charge is 0.118 e. The lowest BCUT2D eigenvalue weighted by Crippen LogP contribution is -2.60. The maximum absolute atomic E-state index is 10.1. The van der Waals surface area contributed by atoms with Crippen molar-refractivity contribution in [3.8, 4) is 5.75 Å². The van der Waals surface area contributed by atoms with E-state index in [-0.39, 0.29) is 0 Å². The molecule has 25 heavy (non-hydrogen) atoms. The van der Waals surface area contributed by atoms with Gasteiger partial charge in [-0.25, -0.2) is 0 Å². The second kappa shape index (κ2) is 5.63. The van der Waals surface area contributed by atoms with Gasteiger partial charge in [0.15, 0.2) is 0 Å². The van der Waals surface area contributed by atoms with Gasteiger partial charge >= 0.3 is 0 Å². The predicted molar refractivity (Wildman–Crippen MR) is 97.7 cm³/mol. The summed E-state index contributed by atoms with van der Waals surface area (Å²) in [5, 5.41) is 10.1. The van der Waals surface area contributed by atoms with Crippen molar-refractivity contribution in [3.05, 3.63) is 53.0 Å². The number of furan rings is 1. The van der Waals surface area contributed by atoms with Crippen molar-refractivity contribution >= 4 is 0 Å². The highest BCUT2D eigenvalue weighted by molar-refractivity contribution is 5.45. The van der Waals surface area contributed by atoms with Gasteiger partial charge in [0, 0.05) is 11.5 Å². The molecule has 132 valence electrons. The fraction of sp³-hybridized carbons (Fsp3) is 0.545. The van der Waals surface area contributed by atoms with Gasteiger partial charge in [-0.2, -0.15) is 0 Å². The molecule has 2 fully saturated rings. The van der Waals surface area contributed by atoms with Gasteiger partial charge in [0.05, 0.1) is 12.8 Å². The molecule has 2 aliphatic carbocycles. The molecular weight excluding hydrogens is 310 g/mol. The third kappa shape index (κ3) is 2.36. The summed E-state index contributed by atoms with van der Waals surface area (Å²) < 4.78 is 5.75. The van der Waals surface area contributed by atoms with Gasteiger partial charge in [-0.15, -0.1) is 0 Å². The molecule has 0 spiro atoms. The predicted octanol–water partition coefficient (Wildman–Crippen LogP) is 4.55. The van der Waals surface area contributed by atoms with Gasteiger partial charge in [-0.1, -0.05) is 18.9 Å². The van der Waals surface area contributed by atoms with E-state index in [1.807, 2.05) is 12.3 Å². The molecule has 5 rings (SSSR count). The molecule has 2 aromatic rings. The van der Waals surface area contributed by atoms with E-state index in [0.29, 0.717) is 17.2 Å². The summed E-state index contributed by atoms with van der Waals surface area (Å²) in [6.07, 6.45) is 9.49. The Bertz CT molecular complexity index is 795. The van der Waals surface area contributed by atoms with E-state index in [9.17, 15) is 5.11 Å². The molecule has 0 radical (unpaired) electrons. The van der Waals surface area contributed by atoms with Gasteiger partial charge in [-0.05, 0) is 80.0 Å². The first-order valence-corrected chi connectivity index (χ1v) is 9.76. The van der Waals surface area contributed by atoms with E-state index >= 15 is 0 Å². The topological polar surface area (TPSA) is 36.6 Å². The van der Waals surface area contributed by atoms with Crippen molar-refractivity contribution in [2.45, 2.75) is 63.5 Å². The molecule has 3 atom stereocenters. The molecule has 1 aliphatic heterocycles. The Morgan fingerprint density at radius 2 is 2.16 bits per heavy atom. The van der Waals surface area contributed by atoms with Crippen molar-refractivity contribution in [3.63, 3.8) is 0 Å². The summed E-state index contributed by atoms with van der Waals surface area (Å²) in [6.45, 7) is 4.16. The highest BCUT2D eigenvalue weighted by Crippen LogP contribution is 2.56. The largest absolute Gasteiger partial charge is 0.508 e. The van der Waals surface area contributed by atoms with E-state index in [2.05, 4.69) is 30.0 Å². The molecule has 3 heteroatoms. The number of aryl methyl sites for hydroxylation is 1. The number of hydrogen-bond acceptors (Lipinski definition) is 3. The van der Waals surface area contributed by atoms with Crippen LogP contribution in [-0.2, 0) is 18.4 Å². The highest BCUT2D eigenvalue weighted by Gasteiger charge is 2.53. The molecule has 1 aromatic heterocycles. The van der Waals surface area contributed by atoms with Gasteiger partial charge in [0.25, 0.3) is 0 Å². The van der Waals surface area contributed by atoms with Crippen LogP contribution in [0.25, 0.3) is 0 Å². The van der Waals surface area contributed by atoms with Crippen LogP contribution in [0.3, 0.4) is 0 Å². The van der Waals surface area contributed by atoms with E-state index < -0.39 is 0 Å². The molecule has 1 saturated carbocycles. The number of phenolic OH excluding ortho intramolecular Hbond substituents is 1. The summed E-state index contributed by atoms with van der Waals surface area (Å²) in [5.74, 6) is 2.25. The number of benzene rings is 1. The first-order chi connectivity index (χ1) is 12.2. The molecule has 2 heterocycles. The number of fused-ring (bicyclic) bond motifs is 1. The fourth-order valence-corrected chi connectivity index (χ4v) is 6.04. The zero-order valence-corrected chi connectivity index (χ0v) is 15.0. The Labute approximate surface area is 149 Å². The average molecular weight is 337 g/mol. The van der Waals surface area contributed by atoms with Crippen LogP contribution in [0.1, 0.15) is 54.6 Å². The summed E-state index contributed by atoms with van der Waals surface area (Å²) in [7, 11) is 0. The third-order valence-corrected chi connectivity index (χ3v) is 7.08. The second-order valence-corrected chi connectivity index (χ2v) is 8.43. The number of nitrogens with zero attached hydrogens (tertiary/aromatic N) is 1. The number of rotatable bonds is 2. The molecule has 3 nitrogen and oxygen atoms in total. The summed E-state index contributed by atoms with van der Waals surface area (Å²) >= 11 is 0. The van der Waals surface area contributed by atoms with Gasteiger partial charge in [0.1, 0.15) is 11.5 Å². The Balaban J connectivity index is 1.53. The lowest BCUT2D eigenvalue weighted by Gasteiger charge is -2.59. The molecular formula is C22H27NO2. The average Bonchev–Trinajstić information content (AvgIpc) is 3.03. The van der Waals surface area contributed by atoms with E-state index in [4.69, 9.17) is 4.42 Å². The number of phenols is 1. The van der Waals surface area contributed by atoms with Crippen LogP contribution in [0.4, 0.5) is 0 Å². The fourth-order valence-electron chi connectivity index (χ4n) is 6.04. The number of aromatic hydroxyl groups is 1. The maximum atomic E-state index is 10.1. The minimum atomic E-state index is 0.296. The Kier molecular flexibility index (Phi) is 3.50. The summed E-state index contributed by atoms with van der Waals surface area (Å²) in [6, 6.07) is 8.91. The maximum Gasteiger partial charge on any atom is 0.118 e. The van der Waals surface area contributed by atoms with Crippen LogP contribution in [0.5, 0.6) is 5.75 Å². The van der Waals surface area contributed by atoms with Crippen molar-refractivity contribution in [2.75, 3.05) is 6.54 Å². The lowest BCUT2D eigenvalue weighted by molar-refractivity contribution is -0.0185. The zero-order chi connectivity index (χ0) is 17.0. The molecule has 0 unspecified atom stereocenters. The van der Waals surface area contributed by atoms with Gasteiger partial charge < -0.3 is 9.52 Å². The Morgan fingerprint density at radius 1 is 1.24 bits per heavy atom. The number of likely N-dealkylation sites (tertiary alicyclic amines) is 1. The summed E-state index contributed by atoms with van der Waals surface area (Å²) in [4.78, 5) is 2.67. The Hall–Kier alpha value is -1.74. The quantitative estimate of drug-likeness (QED) is 0.873. The molecule has 2 bridgehead atoms. The SMILES string of the molecule is Cc1coc(CN2CC[C@]34CCCC[C@H]3[C@H]2Cc2ccc(O)cc24)c1. The first-order valence-electron chi connectivity index (χ1n) is 9.76. The van der Waals surface area contributed by atoms with Crippen LogP contribution in [0.15, 0.2) is 34.9 Å². The third-order valence-electron chi connectivity index (χ3n) is 7.08. The standard InChI is InChI=1S/C22H27NO2/c1-15-10-18(25-14-15)13-23-9-8-22-7-3-2-4-19(22)21(23)11-16-5-6-17(24)12-20(16)22/h5-6,10,12,14,19,21,24H,2-4,7-9,11,13H2,1H3/t19-,21+,22+/m0/s1. The zero-order valence-electron chi connectivity index (χ0n) is 15.0. The van der Waals surface area contributed by atoms with Crippen LogP contribution in [0.2, 0.25) is 0 Å². The number of hydrogen-bond donors (Lipinski definition) is 1. The van der Waals surface area contributed by atoms with Crippen LogP contribution >= 0.6 is 0 Å². The Morgan fingerprint density at radius 3 is 3.00 bits per heavy atom. The minimum absolute atomic E-state index is 0.296.